The largest absolute Gasteiger partial charge is 0.394 e. The van der Waals surface area contributed by atoms with Crippen molar-refractivity contribution in [1.29, 1.82) is 0 Å². The molecule has 1 fully saturated rings. The highest BCUT2D eigenvalue weighted by atomic mass is 79.9. The van der Waals surface area contributed by atoms with Crippen molar-refractivity contribution in [3.05, 3.63) is 28.7 Å². The molecule has 1 aliphatic rings. The molecule has 0 saturated heterocycles. The molecule has 1 aliphatic carbocycles. The quantitative estimate of drug-likeness (QED) is 0.852. The number of para-hydroxylation sites is 1. The van der Waals surface area contributed by atoms with E-state index in [4.69, 9.17) is 5.11 Å². The summed E-state index contributed by atoms with van der Waals surface area (Å²) in [7, 11) is 0. The fraction of sp³-hybridized carbons (Fsp3) is 0.400. The van der Waals surface area contributed by atoms with E-state index in [1.54, 1.807) is 0 Å². The second kappa shape index (κ2) is 3.31. The topological polar surface area (TPSA) is 32.3 Å². The van der Waals surface area contributed by atoms with Crippen LogP contribution in [0.1, 0.15) is 12.8 Å². The van der Waals surface area contributed by atoms with Gasteiger partial charge in [0.25, 0.3) is 0 Å². The van der Waals surface area contributed by atoms with E-state index in [1.807, 2.05) is 24.3 Å². The zero-order chi connectivity index (χ0) is 9.31. The van der Waals surface area contributed by atoms with Crippen molar-refractivity contribution in [2.24, 2.45) is 0 Å². The van der Waals surface area contributed by atoms with Gasteiger partial charge in [-0.25, -0.2) is 0 Å². The number of hydrogen-bond donors (Lipinski definition) is 2. The van der Waals surface area contributed by atoms with Crippen LogP contribution in [0, 0.1) is 0 Å². The monoisotopic (exact) mass is 241 g/mol. The number of hydrogen-bond acceptors (Lipinski definition) is 2. The number of anilines is 1. The van der Waals surface area contributed by atoms with E-state index in [9.17, 15) is 0 Å². The van der Waals surface area contributed by atoms with Crippen LogP contribution in [0.15, 0.2) is 28.7 Å². The summed E-state index contributed by atoms with van der Waals surface area (Å²) in [6, 6.07) is 7.98. The van der Waals surface area contributed by atoms with Crippen LogP contribution in [-0.4, -0.2) is 17.3 Å². The molecule has 1 aromatic carbocycles. The first-order chi connectivity index (χ1) is 6.26. The van der Waals surface area contributed by atoms with Crippen molar-refractivity contribution in [3.63, 3.8) is 0 Å². The number of halogens is 1. The van der Waals surface area contributed by atoms with Crippen LogP contribution < -0.4 is 5.32 Å². The van der Waals surface area contributed by atoms with E-state index in [2.05, 4.69) is 21.2 Å². The Kier molecular flexibility index (Phi) is 2.30. The molecule has 0 aromatic heterocycles. The van der Waals surface area contributed by atoms with Crippen LogP contribution in [0.25, 0.3) is 0 Å². The minimum Gasteiger partial charge on any atom is -0.394 e. The molecular weight excluding hydrogens is 230 g/mol. The molecular formula is C10H12BrNO. The van der Waals surface area contributed by atoms with Gasteiger partial charge in [-0.1, -0.05) is 12.1 Å². The Bertz CT molecular complexity index is 310. The van der Waals surface area contributed by atoms with Gasteiger partial charge in [-0.05, 0) is 40.9 Å². The standard InChI is InChI=1S/C10H12BrNO/c11-8-3-1-2-4-9(8)12-10(7-13)5-6-10/h1-4,12-13H,5-7H2. The third-order valence-corrected chi connectivity index (χ3v) is 3.12. The Morgan fingerprint density at radius 1 is 1.38 bits per heavy atom. The first-order valence-electron chi connectivity index (χ1n) is 4.39. The fourth-order valence-corrected chi connectivity index (χ4v) is 1.71. The van der Waals surface area contributed by atoms with Gasteiger partial charge in [0.05, 0.1) is 12.1 Å². The van der Waals surface area contributed by atoms with E-state index in [-0.39, 0.29) is 12.1 Å². The molecule has 0 spiro atoms. The number of benzene rings is 1. The molecule has 0 bridgehead atoms. The van der Waals surface area contributed by atoms with Crippen LogP contribution in [-0.2, 0) is 0 Å². The predicted octanol–water partition coefficient (Wildman–Crippen LogP) is 2.39. The van der Waals surface area contributed by atoms with Gasteiger partial charge in [-0.3, -0.25) is 0 Å². The van der Waals surface area contributed by atoms with Crippen molar-refractivity contribution >= 4 is 21.6 Å². The molecule has 1 saturated carbocycles. The summed E-state index contributed by atoms with van der Waals surface area (Å²) >= 11 is 3.46. The van der Waals surface area contributed by atoms with E-state index in [0.717, 1.165) is 23.0 Å². The highest BCUT2D eigenvalue weighted by Crippen LogP contribution is 2.39. The first-order valence-corrected chi connectivity index (χ1v) is 5.19. The van der Waals surface area contributed by atoms with Crippen molar-refractivity contribution in [2.75, 3.05) is 11.9 Å². The first kappa shape index (κ1) is 9.03. The van der Waals surface area contributed by atoms with Crippen LogP contribution in [0.4, 0.5) is 5.69 Å². The fourth-order valence-electron chi connectivity index (χ4n) is 1.32. The Balaban J connectivity index is 2.14. The molecule has 70 valence electrons. The Morgan fingerprint density at radius 2 is 2.08 bits per heavy atom. The number of rotatable bonds is 3. The van der Waals surface area contributed by atoms with Gasteiger partial charge in [-0.2, -0.15) is 0 Å². The van der Waals surface area contributed by atoms with Crippen molar-refractivity contribution in [2.45, 2.75) is 18.4 Å². The Hall–Kier alpha value is -0.540. The predicted molar refractivity (Wildman–Crippen MR) is 56.8 cm³/mol. The third kappa shape index (κ3) is 1.86. The molecule has 0 radical (unpaired) electrons. The summed E-state index contributed by atoms with van der Waals surface area (Å²) in [6.45, 7) is 0.217. The van der Waals surface area contributed by atoms with E-state index in [0.29, 0.717) is 0 Å². The van der Waals surface area contributed by atoms with Gasteiger partial charge in [0.2, 0.25) is 0 Å². The SMILES string of the molecule is OCC1(Nc2ccccc2Br)CC1. The average molecular weight is 242 g/mol. The molecule has 13 heavy (non-hydrogen) atoms. The van der Waals surface area contributed by atoms with Crippen molar-refractivity contribution in [1.82, 2.24) is 0 Å². The van der Waals surface area contributed by atoms with Gasteiger partial charge in [0, 0.05) is 10.2 Å². The lowest BCUT2D eigenvalue weighted by atomic mass is 10.2. The number of aliphatic hydroxyl groups is 1. The van der Waals surface area contributed by atoms with Crippen molar-refractivity contribution < 1.29 is 5.11 Å². The average Bonchev–Trinajstić information content (AvgIpc) is 2.90. The third-order valence-electron chi connectivity index (χ3n) is 2.43. The maximum Gasteiger partial charge on any atom is 0.0661 e. The summed E-state index contributed by atoms with van der Waals surface area (Å²) < 4.78 is 1.05. The van der Waals surface area contributed by atoms with Gasteiger partial charge < -0.3 is 10.4 Å². The molecule has 0 amide bonds. The molecule has 3 heteroatoms. The normalized spacial score (nSPS) is 18.3. The second-order valence-electron chi connectivity index (χ2n) is 3.54. The van der Waals surface area contributed by atoms with Crippen LogP contribution in [0.2, 0.25) is 0 Å². The second-order valence-corrected chi connectivity index (χ2v) is 4.40. The summed E-state index contributed by atoms with van der Waals surface area (Å²) in [4.78, 5) is 0. The highest BCUT2D eigenvalue weighted by molar-refractivity contribution is 9.10. The lowest BCUT2D eigenvalue weighted by Crippen LogP contribution is -2.25. The molecule has 1 aromatic rings. The highest BCUT2D eigenvalue weighted by Gasteiger charge is 2.42. The van der Waals surface area contributed by atoms with Crippen LogP contribution in [0.3, 0.4) is 0 Å². The molecule has 2 rings (SSSR count). The van der Waals surface area contributed by atoms with Gasteiger partial charge in [0.15, 0.2) is 0 Å². The minimum atomic E-state index is -0.0378. The van der Waals surface area contributed by atoms with E-state index < -0.39 is 0 Å². The molecule has 0 atom stereocenters. The van der Waals surface area contributed by atoms with Crippen LogP contribution in [0.5, 0.6) is 0 Å². The minimum absolute atomic E-state index is 0.0378. The maximum absolute atomic E-state index is 9.13. The summed E-state index contributed by atoms with van der Waals surface area (Å²) in [5.41, 5.74) is 1.03. The molecule has 0 aliphatic heterocycles. The summed E-state index contributed by atoms with van der Waals surface area (Å²) in [5.74, 6) is 0. The Labute approximate surface area is 86.1 Å². The lowest BCUT2D eigenvalue weighted by molar-refractivity contribution is 0.266. The summed E-state index contributed by atoms with van der Waals surface area (Å²) in [6.07, 6.45) is 2.12. The molecule has 0 heterocycles. The molecule has 2 nitrogen and oxygen atoms in total. The maximum atomic E-state index is 9.13. The molecule has 2 N–H and O–H groups in total. The van der Waals surface area contributed by atoms with E-state index >= 15 is 0 Å². The number of nitrogens with one attached hydrogen (secondary N) is 1. The van der Waals surface area contributed by atoms with Gasteiger partial charge in [-0.15, -0.1) is 0 Å². The van der Waals surface area contributed by atoms with E-state index in [1.165, 1.54) is 0 Å². The molecule has 0 unspecified atom stereocenters. The van der Waals surface area contributed by atoms with Crippen molar-refractivity contribution in [3.8, 4) is 0 Å². The zero-order valence-electron chi connectivity index (χ0n) is 7.26. The zero-order valence-corrected chi connectivity index (χ0v) is 8.84. The Morgan fingerprint density at radius 3 is 2.62 bits per heavy atom. The smallest absolute Gasteiger partial charge is 0.0661 e. The van der Waals surface area contributed by atoms with Gasteiger partial charge >= 0.3 is 0 Å². The van der Waals surface area contributed by atoms with Gasteiger partial charge in [0.1, 0.15) is 0 Å². The van der Waals surface area contributed by atoms with Crippen LogP contribution >= 0.6 is 15.9 Å². The summed E-state index contributed by atoms with van der Waals surface area (Å²) in [5, 5.41) is 12.5. The number of aliphatic hydroxyl groups excluding tert-OH is 1. The lowest BCUT2D eigenvalue weighted by Gasteiger charge is -2.16.